The Balaban J connectivity index is 1.44. The fraction of sp³-hybridized carbons (Fsp3) is 0.722. The summed E-state index contributed by atoms with van der Waals surface area (Å²) >= 11 is 0. The third kappa shape index (κ3) is 1.93. The topological polar surface area (TPSA) is 36.1 Å². The zero-order valence-electron chi connectivity index (χ0n) is 12.7. The van der Waals surface area contributed by atoms with E-state index < -0.39 is 0 Å². The van der Waals surface area contributed by atoms with Gasteiger partial charge in [0.25, 0.3) is 0 Å². The molecule has 1 N–H and O–H groups in total. The van der Waals surface area contributed by atoms with Gasteiger partial charge in [0.1, 0.15) is 0 Å². The van der Waals surface area contributed by atoms with Gasteiger partial charge in [-0.05, 0) is 68.9 Å². The van der Waals surface area contributed by atoms with E-state index in [1.807, 2.05) is 0 Å². The largest absolute Gasteiger partial charge is 0.361 e. The number of hydrogen-bond donors (Lipinski definition) is 1. The molecule has 2 fully saturated rings. The number of aryl methyl sites for hydroxylation is 1. The maximum absolute atomic E-state index is 13.1. The first-order chi connectivity index (χ1) is 10.3. The van der Waals surface area contributed by atoms with E-state index >= 15 is 0 Å². The molecule has 2 atom stereocenters. The Morgan fingerprint density at radius 1 is 1.14 bits per heavy atom. The van der Waals surface area contributed by atoms with E-state index in [-0.39, 0.29) is 5.92 Å². The number of likely N-dealkylation sites (tertiary alicyclic amines) is 1. The van der Waals surface area contributed by atoms with Crippen LogP contribution in [-0.4, -0.2) is 35.3 Å². The molecule has 1 aromatic rings. The molecule has 3 heteroatoms. The third-order valence-electron chi connectivity index (χ3n) is 6.23. The summed E-state index contributed by atoms with van der Waals surface area (Å²) in [5, 5.41) is 0. The summed E-state index contributed by atoms with van der Waals surface area (Å²) in [5.74, 6) is 2.29. The van der Waals surface area contributed by atoms with Crippen molar-refractivity contribution in [3.05, 3.63) is 22.5 Å². The molecule has 1 aromatic heterocycles. The number of H-pyrrole nitrogens is 1. The van der Waals surface area contributed by atoms with Crippen LogP contribution in [0.3, 0.4) is 0 Å². The minimum absolute atomic E-state index is 0.283. The monoisotopic (exact) mass is 284 g/mol. The first kappa shape index (κ1) is 12.5. The number of ketones is 1. The molecule has 0 bridgehead atoms. The number of Topliss-reactive ketones (excluding diaryl/α,β-unsaturated/α-hetero) is 1. The van der Waals surface area contributed by atoms with Crippen molar-refractivity contribution < 1.29 is 4.79 Å². The molecule has 5 rings (SSSR count). The molecule has 3 nitrogen and oxygen atoms in total. The number of nitrogens with one attached hydrogen (secondary N) is 1. The van der Waals surface area contributed by atoms with Gasteiger partial charge in [0.15, 0.2) is 5.78 Å². The van der Waals surface area contributed by atoms with E-state index in [0.717, 1.165) is 37.3 Å². The lowest BCUT2D eigenvalue weighted by Crippen LogP contribution is -2.47. The molecule has 0 unspecified atom stereocenters. The highest BCUT2D eigenvalue weighted by atomic mass is 16.1. The number of carbonyl (C=O) groups is 1. The standard InChI is InChI=1S/C18H24N2O/c21-18-14-10-20(9-11-4-5-11)7-6-12(14)8-16-17(18)13-2-1-3-15(13)19-16/h11-12,14,19H,1-10H2/t12-,14+/m0/s1. The molecule has 1 saturated carbocycles. The fourth-order valence-corrected chi connectivity index (χ4v) is 4.92. The number of fused-ring (bicyclic) bond motifs is 4. The zero-order valence-corrected chi connectivity index (χ0v) is 12.7. The minimum atomic E-state index is 0.283. The van der Waals surface area contributed by atoms with Crippen LogP contribution < -0.4 is 0 Å². The molecule has 0 aromatic carbocycles. The van der Waals surface area contributed by atoms with E-state index in [1.165, 1.54) is 55.7 Å². The molecule has 0 amide bonds. The van der Waals surface area contributed by atoms with E-state index in [0.29, 0.717) is 11.7 Å². The highest BCUT2D eigenvalue weighted by Gasteiger charge is 2.42. The average molecular weight is 284 g/mol. The summed E-state index contributed by atoms with van der Waals surface area (Å²) in [5.41, 5.74) is 5.16. The highest BCUT2D eigenvalue weighted by molar-refractivity contribution is 6.02. The van der Waals surface area contributed by atoms with Crippen LogP contribution in [0.1, 0.15) is 53.0 Å². The van der Waals surface area contributed by atoms with Crippen LogP contribution in [0.5, 0.6) is 0 Å². The molecule has 0 radical (unpaired) electrons. The van der Waals surface area contributed by atoms with Crippen LogP contribution in [0.25, 0.3) is 0 Å². The minimum Gasteiger partial charge on any atom is -0.361 e. The van der Waals surface area contributed by atoms with Gasteiger partial charge in [-0.3, -0.25) is 4.79 Å². The van der Waals surface area contributed by atoms with Crippen LogP contribution in [0.4, 0.5) is 0 Å². The molecule has 2 heterocycles. The highest BCUT2D eigenvalue weighted by Crippen LogP contribution is 2.41. The molecule has 4 aliphatic rings. The van der Waals surface area contributed by atoms with Crippen LogP contribution >= 0.6 is 0 Å². The van der Waals surface area contributed by atoms with Gasteiger partial charge < -0.3 is 9.88 Å². The lowest BCUT2D eigenvalue weighted by molar-refractivity contribution is 0.0651. The second-order valence-electron chi connectivity index (χ2n) is 7.72. The van der Waals surface area contributed by atoms with Crippen molar-refractivity contribution >= 4 is 5.78 Å². The number of rotatable bonds is 2. The number of aromatic amines is 1. The summed E-state index contributed by atoms with van der Waals surface area (Å²) in [4.78, 5) is 19.2. The molecule has 1 aliphatic heterocycles. The fourth-order valence-electron chi connectivity index (χ4n) is 4.92. The van der Waals surface area contributed by atoms with Gasteiger partial charge in [-0.15, -0.1) is 0 Å². The van der Waals surface area contributed by atoms with Gasteiger partial charge in [0, 0.05) is 36.0 Å². The van der Waals surface area contributed by atoms with E-state index in [2.05, 4.69) is 9.88 Å². The van der Waals surface area contributed by atoms with Crippen LogP contribution in [-0.2, 0) is 19.3 Å². The molecule has 112 valence electrons. The van der Waals surface area contributed by atoms with Crippen molar-refractivity contribution in [3.63, 3.8) is 0 Å². The average Bonchev–Trinajstić information content (AvgIpc) is 3.05. The Bertz CT molecular complexity index is 599. The maximum Gasteiger partial charge on any atom is 0.169 e. The third-order valence-corrected chi connectivity index (χ3v) is 6.23. The number of piperidine rings is 1. The normalized spacial score (nSPS) is 31.9. The van der Waals surface area contributed by atoms with Gasteiger partial charge in [-0.2, -0.15) is 0 Å². The Morgan fingerprint density at radius 3 is 2.90 bits per heavy atom. The SMILES string of the molecule is O=C1c2c([nH]c3c2CCC3)C[C@@H]2CCN(CC3CC3)C[C@@H]12. The number of aromatic nitrogens is 1. The van der Waals surface area contributed by atoms with E-state index in [9.17, 15) is 4.79 Å². The Kier molecular flexibility index (Phi) is 2.64. The van der Waals surface area contributed by atoms with Gasteiger partial charge >= 0.3 is 0 Å². The second kappa shape index (κ2) is 4.45. The number of hydrogen-bond acceptors (Lipinski definition) is 2. The number of nitrogens with zero attached hydrogens (tertiary/aromatic N) is 1. The molecule has 3 aliphatic carbocycles. The van der Waals surface area contributed by atoms with Crippen molar-refractivity contribution in [3.8, 4) is 0 Å². The van der Waals surface area contributed by atoms with Crippen molar-refractivity contribution in [2.75, 3.05) is 19.6 Å². The van der Waals surface area contributed by atoms with Gasteiger partial charge in [0.05, 0.1) is 0 Å². The quantitative estimate of drug-likeness (QED) is 0.906. The molecule has 0 spiro atoms. The lowest BCUT2D eigenvalue weighted by Gasteiger charge is -2.40. The maximum atomic E-state index is 13.1. The molecular formula is C18H24N2O. The van der Waals surface area contributed by atoms with E-state index in [4.69, 9.17) is 0 Å². The van der Waals surface area contributed by atoms with E-state index in [1.54, 1.807) is 0 Å². The molecule has 21 heavy (non-hydrogen) atoms. The van der Waals surface area contributed by atoms with Crippen LogP contribution in [0, 0.1) is 17.8 Å². The van der Waals surface area contributed by atoms with Gasteiger partial charge in [0.2, 0.25) is 0 Å². The zero-order chi connectivity index (χ0) is 14.0. The van der Waals surface area contributed by atoms with Gasteiger partial charge in [-0.25, -0.2) is 0 Å². The van der Waals surface area contributed by atoms with Gasteiger partial charge in [-0.1, -0.05) is 0 Å². The Morgan fingerprint density at radius 2 is 2.05 bits per heavy atom. The van der Waals surface area contributed by atoms with Crippen LogP contribution in [0.15, 0.2) is 0 Å². The summed E-state index contributed by atoms with van der Waals surface area (Å²) in [7, 11) is 0. The summed E-state index contributed by atoms with van der Waals surface area (Å²) < 4.78 is 0. The Hall–Kier alpha value is -1.09. The first-order valence-corrected chi connectivity index (χ1v) is 8.78. The van der Waals surface area contributed by atoms with Crippen LogP contribution in [0.2, 0.25) is 0 Å². The predicted molar refractivity (Wildman–Crippen MR) is 81.6 cm³/mol. The first-order valence-electron chi connectivity index (χ1n) is 8.78. The van der Waals surface area contributed by atoms with Crippen molar-refractivity contribution in [2.45, 2.75) is 44.9 Å². The Labute approximate surface area is 126 Å². The molecular weight excluding hydrogens is 260 g/mol. The van der Waals surface area contributed by atoms with Crippen molar-refractivity contribution in [2.24, 2.45) is 17.8 Å². The smallest absolute Gasteiger partial charge is 0.169 e. The lowest BCUT2D eigenvalue weighted by atomic mass is 9.72. The second-order valence-corrected chi connectivity index (χ2v) is 7.72. The molecule has 1 saturated heterocycles. The van der Waals surface area contributed by atoms with Crippen molar-refractivity contribution in [1.82, 2.24) is 9.88 Å². The summed E-state index contributed by atoms with van der Waals surface area (Å²) in [6.07, 6.45) is 8.66. The summed E-state index contributed by atoms with van der Waals surface area (Å²) in [6, 6.07) is 0. The predicted octanol–water partition coefficient (Wildman–Crippen LogP) is 2.59. The number of carbonyl (C=O) groups excluding carboxylic acids is 1. The van der Waals surface area contributed by atoms with Crippen molar-refractivity contribution in [1.29, 1.82) is 0 Å². The summed E-state index contributed by atoms with van der Waals surface area (Å²) in [6.45, 7) is 3.48.